The number of para-hydroxylation sites is 1. The zero-order valence-corrected chi connectivity index (χ0v) is 15.8. The summed E-state index contributed by atoms with van der Waals surface area (Å²) in [5.74, 6) is 0.780. The van der Waals surface area contributed by atoms with Crippen LogP contribution in [-0.2, 0) is 13.1 Å². The Labute approximate surface area is 167 Å². The third kappa shape index (κ3) is 4.53. The first-order valence-corrected chi connectivity index (χ1v) is 9.63. The summed E-state index contributed by atoms with van der Waals surface area (Å²) in [5.41, 5.74) is 1.40. The van der Waals surface area contributed by atoms with Gasteiger partial charge in [0.25, 0.3) is 0 Å². The van der Waals surface area contributed by atoms with E-state index in [-0.39, 0.29) is 30.6 Å². The standard InChI is InChI=1S/C21H22FN5O2/c22-17-10-6-15(7-11-17)14-24-20(28)23-12-13-26-21(29)27(18-4-2-1-3-5-18)19(25-26)16-8-9-16/h1-7,10-11,16H,8-9,12-14H2,(H2,23,24,28). The van der Waals surface area contributed by atoms with Crippen molar-refractivity contribution in [2.24, 2.45) is 0 Å². The Morgan fingerprint density at radius 1 is 1.07 bits per heavy atom. The number of hydrogen-bond donors (Lipinski definition) is 2. The number of hydrogen-bond acceptors (Lipinski definition) is 3. The zero-order chi connectivity index (χ0) is 20.2. The van der Waals surface area contributed by atoms with Gasteiger partial charge in [-0.05, 0) is 42.7 Å². The molecule has 1 aromatic heterocycles. The van der Waals surface area contributed by atoms with Crippen LogP contribution in [0.15, 0.2) is 59.4 Å². The highest BCUT2D eigenvalue weighted by Gasteiger charge is 2.31. The Morgan fingerprint density at radius 3 is 2.48 bits per heavy atom. The minimum absolute atomic E-state index is 0.202. The maximum atomic E-state index is 12.9. The van der Waals surface area contributed by atoms with Crippen molar-refractivity contribution in [2.45, 2.75) is 31.8 Å². The van der Waals surface area contributed by atoms with Gasteiger partial charge >= 0.3 is 11.7 Å². The molecule has 2 N–H and O–H groups in total. The van der Waals surface area contributed by atoms with Crippen LogP contribution in [0.2, 0.25) is 0 Å². The first-order valence-electron chi connectivity index (χ1n) is 9.63. The molecule has 1 saturated carbocycles. The highest BCUT2D eigenvalue weighted by Crippen LogP contribution is 2.39. The summed E-state index contributed by atoms with van der Waals surface area (Å²) in [7, 11) is 0. The monoisotopic (exact) mass is 395 g/mol. The van der Waals surface area contributed by atoms with E-state index >= 15 is 0 Å². The Kier molecular flexibility index (Phi) is 5.41. The van der Waals surface area contributed by atoms with Crippen LogP contribution >= 0.6 is 0 Å². The number of urea groups is 1. The van der Waals surface area contributed by atoms with E-state index < -0.39 is 0 Å². The van der Waals surface area contributed by atoms with E-state index in [2.05, 4.69) is 15.7 Å². The molecule has 1 aliphatic rings. The molecule has 0 bridgehead atoms. The molecular formula is C21H22FN5O2. The first kappa shape index (κ1) is 18.9. The van der Waals surface area contributed by atoms with Gasteiger partial charge in [0.1, 0.15) is 11.6 Å². The Bertz CT molecular complexity index is 1040. The van der Waals surface area contributed by atoms with E-state index in [1.165, 1.54) is 16.8 Å². The molecule has 3 aromatic rings. The third-order valence-corrected chi connectivity index (χ3v) is 4.80. The molecule has 4 rings (SSSR count). The molecule has 0 saturated heterocycles. The summed E-state index contributed by atoms with van der Waals surface area (Å²) in [4.78, 5) is 24.8. The van der Waals surface area contributed by atoms with Gasteiger partial charge in [0.2, 0.25) is 0 Å². The highest BCUT2D eigenvalue weighted by atomic mass is 19.1. The third-order valence-electron chi connectivity index (χ3n) is 4.80. The molecule has 29 heavy (non-hydrogen) atoms. The lowest BCUT2D eigenvalue weighted by atomic mass is 10.2. The van der Waals surface area contributed by atoms with Crippen molar-refractivity contribution < 1.29 is 9.18 Å². The van der Waals surface area contributed by atoms with Crippen molar-refractivity contribution in [1.82, 2.24) is 25.0 Å². The van der Waals surface area contributed by atoms with Gasteiger partial charge in [-0.2, -0.15) is 5.10 Å². The van der Waals surface area contributed by atoms with Crippen molar-refractivity contribution in [3.05, 3.63) is 82.3 Å². The molecule has 0 unspecified atom stereocenters. The highest BCUT2D eigenvalue weighted by molar-refractivity contribution is 5.73. The predicted octanol–water partition coefficient (Wildman–Crippen LogP) is 2.55. The van der Waals surface area contributed by atoms with E-state index in [1.54, 1.807) is 16.7 Å². The summed E-state index contributed by atoms with van der Waals surface area (Å²) in [5, 5.41) is 9.93. The van der Waals surface area contributed by atoms with Crippen LogP contribution in [0.3, 0.4) is 0 Å². The number of amides is 2. The molecule has 0 radical (unpaired) electrons. The Morgan fingerprint density at radius 2 is 1.79 bits per heavy atom. The molecule has 150 valence electrons. The number of nitrogens with zero attached hydrogens (tertiary/aromatic N) is 3. The molecule has 0 spiro atoms. The lowest BCUT2D eigenvalue weighted by Crippen LogP contribution is -2.38. The zero-order valence-electron chi connectivity index (χ0n) is 15.8. The summed E-state index contributed by atoms with van der Waals surface area (Å²) >= 11 is 0. The van der Waals surface area contributed by atoms with Crippen molar-refractivity contribution in [3.8, 4) is 5.69 Å². The van der Waals surface area contributed by atoms with Crippen LogP contribution in [0.4, 0.5) is 9.18 Å². The fraction of sp³-hybridized carbons (Fsp3) is 0.286. The van der Waals surface area contributed by atoms with Crippen LogP contribution in [0.5, 0.6) is 0 Å². The fourth-order valence-electron chi connectivity index (χ4n) is 3.12. The van der Waals surface area contributed by atoms with Gasteiger partial charge < -0.3 is 10.6 Å². The van der Waals surface area contributed by atoms with Gasteiger partial charge in [0.15, 0.2) is 0 Å². The average molecular weight is 395 g/mol. The number of carbonyl (C=O) groups is 1. The minimum atomic E-state index is -0.354. The molecule has 1 aliphatic carbocycles. The van der Waals surface area contributed by atoms with E-state index in [4.69, 9.17) is 0 Å². The number of benzene rings is 2. The van der Waals surface area contributed by atoms with Crippen molar-refractivity contribution in [2.75, 3.05) is 6.54 Å². The van der Waals surface area contributed by atoms with Crippen molar-refractivity contribution in [3.63, 3.8) is 0 Å². The van der Waals surface area contributed by atoms with Gasteiger partial charge in [-0.15, -0.1) is 0 Å². The van der Waals surface area contributed by atoms with Gasteiger partial charge in [-0.25, -0.2) is 23.2 Å². The molecule has 1 heterocycles. The molecule has 7 nitrogen and oxygen atoms in total. The molecule has 8 heteroatoms. The summed E-state index contributed by atoms with van der Waals surface area (Å²) < 4.78 is 16.0. The quantitative estimate of drug-likeness (QED) is 0.645. The predicted molar refractivity (Wildman–Crippen MR) is 106 cm³/mol. The lowest BCUT2D eigenvalue weighted by molar-refractivity contribution is 0.240. The second kappa shape index (κ2) is 8.30. The van der Waals surface area contributed by atoms with Gasteiger partial charge in [0, 0.05) is 19.0 Å². The largest absolute Gasteiger partial charge is 0.350 e. The molecule has 2 amide bonds. The summed E-state index contributed by atoms with van der Waals surface area (Å²) in [6.45, 7) is 0.841. The van der Waals surface area contributed by atoms with Gasteiger partial charge in [0.05, 0.1) is 12.2 Å². The van der Waals surface area contributed by atoms with Crippen LogP contribution < -0.4 is 16.3 Å². The summed E-state index contributed by atoms with van der Waals surface area (Å²) in [6.07, 6.45) is 2.07. The number of aromatic nitrogens is 3. The Balaban J connectivity index is 1.36. The second-order valence-electron chi connectivity index (χ2n) is 7.05. The molecule has 0 aliphatic heterocycles. The molecule has 0 atom stereocenters. The normalized spacial score (nSPS) is 13.3. The summed E-state index contributed by atoms with van der Waals surface area (Å²) in [6, 6.07) is 15.0. The molecule has 2 aromatic carbocycles. The van der Waals surface area contributed by atoms with Gasteiger partial charge in [-0.1, -0.05) is 30.3 Å². The number of carbonyl (C=O) groups excluding carboxylic acids is 1. The topological polar surface area (TPSA) is 81.0 Å². The maximum Gasteiger partial charge on any atom is 0.350 e. The number of halogens is 1. The van der Waals surface area contributed by atoms with Crippen molar-refractivity contribution in [1.29, 1.82) is 0 Å². The van der Waals surface area contributed by atoms with Crippen LogP contribution in [0.1, 0.15) is 30.1 Å². The van der Waals surface area contributed by atoms with Crippen LogP contribution in [0.25, 0.3) is 5.69 Å². The molecular weight excluding hydrogens is 373 g/mol. The fourth-order valence-corrected chi connectivity index (χ4v) is 3.12. The SMILES string of the molecule is O=C(NCCn1nc(C2CC2)n(-c2ccccc2)c1=O)NCc1ccc(F)cc1. The van der Waals surface area contributed by atoms with Crippen molar-refractivity contribution >= 4 is 6.03 Å². The second-order valence-corrected chi connectivity index (χ2v) is 7.05. The number of nitrogens with one attached hydrogen (secondary N) is 2. The smallest absolute Gasteiger partial charge is 0.336 e. The molecule has 1 fully saturated rings. The first-order chi connectivity index (χ1) is 14.1. The van der Waals surface area contributed by atoms with Crippen LogP contribution in [0, 0.1) is 5.82 Å². The average Bonchev–Trinajstić information content (AvgIpc) is 3.53. The Hall–Kier alpha value is -3.42. The minimum Gasteiger partial charge on any atom is -0.336 e. The van der Waals surface area contributed by atoms with E-state index in [0.717, 1.165) is 29.9 Å². The van der Waals surface area contributed by atoms with Gasteiger partial charge in [-0.3, -0.25) is 0 Å². The van der Waals surface area contributed by atoms with E-state index in [9.17, 15) is 14.0 Å². The van der Waals surface area contributed by atoms with E-state index in [0.29, 0.717) is 12.5 Å². The maximum absolute atomic E-state index is 12.9. The number of rotatable bonds is 7. The van der Waals surface area contributed by atoms with E-state index in [1.807, 2.05) is 30.3 Å². The lowest BCUT2D eigenvalue weighted by Gasteiger charge is -2.07. The van der Waals surface area contributed by atoms with Crippen LogP contribution in [-0.4, -0.2) is 26.9 Å².